The summed E-state index contributed by atoms with van der Waals surface area (Å²) in [5.74, 6) is -0.309. The van der Waals surface area contributed by atoms with Gasteiger partial charge in [-0.25, -0.2) is 9.18 Å². The van der Waals surface area contributed by atoms with Crippen LogP contribution in [0.4, 0.5) is 9.18 Å². The lowest BCUT2D eigenvalue weighted by molar-refractivity contribution is -0.126. The molecule has 0 aromatic heterocycles. The fourth-order valence-electron chi connectivity index (χ4n) is 3.82. The van der Waals surface area contributed by atoms with E-state index in [1.165, 1.54) is 6.07 Å². The van der Waals surface area contributed by atoms with Crippen LogP contribution in [-0.4, -0.2) is 59.6 Å². The number of nitrogens with one attached hydrogen (secondary N) is 1. The molecule has 1 aromatic carbocycles. The smallest absolute Gasteiger partial charge is 0.410 e. The second kappa shape index (κ2) is 7.23. The highest BCUT2D eigenvalue weighted by Crippen LogP contribution is 2.30. The second-order valence-corrected chi connectivity index (χ2v) is 7.35. The first-order valence-corrected chi connectivity index (χ1v) is 9.34. The lowest BCUT2D eigenvalue weighted by Crippen LogP contribution is -2.45. The highest BCUT2D eigenvalue weighted by molar-refractivity contribution is 5.82. The molecule has 26 heavy (non-hydrogen) atoms. The van der Waals surface area contributed by atoms with Crippen LogP contribution in [0.15, 0.2) is 24.3 Å². The number of rotatable bonds is 6. The molecule has 1 aliphatic carbocycles. The highest BCUT2D eigenvalue weighted by Gasteiger charge is 2.41. The molecular formula is C19H24FN3O3. The molecule has 7 heteroatoms. The van der Waals surface area contributed by atoms with Crippen LogP contribution in [0.25, 0.3) is 0 Å². The van der Waals surface area contributed by atoms with Crippen molar-refractivity contribution in [3.05, 3.63) is 35.6 Å². The van der Waals surface area contributed by atoms with Gasteiger partial charge in [0.1, 0.15) is 11.9 Å². The standard InChI is InChI=1S/C19H24FN3O3/c20-16-5-2-1-4-13(16)11-22-9-3-6-17(22)18(24)21-10-15-12-23(14-7-8-14)19(25)26-15/h1-2,4-5,14-15,17H,3,6-12H2,(H,21,24). The van der Waals surface area contributed by atoms with E-state index in [2.05, 4.69) is 5.32 Å². The van der Waals surface area contributed by atoms with E-state index in [1.807, 2.05) is 11.0 Å². The van der Waals surface area contributed by atoms with Gasteiger partial charge in [-0.1, -0.05) is 18.2 Å². The number of hydrogen-bond donors (Lipinski definition) is 1. The van der Waals surface area contributed by atoms with Gasteiger partial charge in [-0.3, -0.25) is 9.69 Å². The maximum Gasteiger partial charge on any atom is 0.410 e. The van der Waals surface area contributed by atoms with Crippen molar-refractivity contribution in [1.82, 2.24) is 15.1 Å². The first-order valence-electron chi connectivity index (χ1n) is 9.34. The van der Waals surface area contributed by atoms with Gasteiger partial charge in [0.05, 0.1) is 19.1 Å². The molecule has 0 spiro atoms. The quantitative estimate of drug-likeness (QED) is 0.841. The summed E-state index contributed by atoms with van der Waals surface area (Å²) < 4.78 is 19.2. The Bertz CT molecular complexity index is 694. The first kappa shape index (κ1) is 17.3. The van der Waals surface area contributed by atoms with Gasteiger partial charge in [0.15, 0.2) is 0 Å². The van der Waals surface area contributed by atoms with Gasteiger partial charge in [-0.2, -0.15) is 0 Å². The molecule has 3 aliphatic rings. The minimum atomic E-state index is -0.284. The number of likely N-dealkylation sites (tertiary alicyclic amines) is 1. The average molecular weight is 361 g/mol. The number of amides is 2. The van der Waals surface area contributed by atoms with Gasteiger partial charge in [0.2, 0.25) is 5.91 Å². The van der Waals surface area contributed by atoms with Crippen LogP contribution in [-0.2, 0) is 16.1 Å². The molecule has 140 valence electrons. The summed E-state index contributed by atoms with van der Waals surface area (Å²) in [6.45, 7) is 2.09. The number of ether oxygens (including phenoxy) is 1. The van der Waals surface area contributed by atoms with Crippen LogP contribution in [0.1, 0.15) is 31.2 Å². The summed E-state index contributed by atoms with van der Waals surface area (Å²) in [6, 6.07) is 6.75. The van der Waals surface area contributed by atoms with Gasteiger partial charge >= 0.3 is 6.09 Å². The molecule has 0 radical (unpaired) electrons. The molecule has 0 bridgehead atoms. The largest absolute Gasteiger partial charge is 0.442 e. The first-order chi connectivity index (χ1) is 12.6. The lowest BCUT2D eigenvalue weighted by atomic mass is 10.1. The van der Waals surface area contributed by atoms with Crippen LogP contribution in [0.3, 0.4) is 0 Å². The Morgan fingerprint density at radius 1 is 1.27 bits per heavy atom. The Labute approximate surface area is 152 Å². The number of carbonyl (C=O) groups is 2. The van der Waals surface area contributed by atoms with Crippen molar-refractivity contribution in [3.63, 3.8) is 0 Å². The Balaban J connectivity index is 1.29. The number of benzene rings is 1. The molecule has 2 heterocycles. The topological polar surface area (TPSA) is 61.9 Å². The summed E-state index contributed by atoms with van der Waals surface area (Å²) in [5.41, 5.74) is 0.608. The maximum atomic E-state index is 13.9. The van der Waals surface area contributed by atoms with Crippen molar-refractivity contribution in [2.24, 2.45) is 0 Å². The summed E-state index contributed by atoms with van der Waals surface area (Å²) in [4.78, 5) is 28.2. The number of cyclic esters (lactones) is 1. The van der Waals surface area contributed by atoms with Crippen molar-refractivity contribution < 1.29 is 18.7 Å². The molecule has 6 nitrogen and oxygen atoms in total. The van der Waals surface area contributed by atoms with Gasteiger partial charge in [0, 0.05) is 18.2 Å². The van der Waals surface area contributed by atoms with Crippen molar-refractivity contribution in [2.45, 2.75) is 50.4 Å². The van der Waals surface area contributed by atoms with Gasteiger partial charge < -0.3 is 15.0 Å². The fourth-order valence-corrected chi connectivity index (χ4v) is 3.82. The third-order valence-electron chi connectivity index (χ3n) is 5.39. The molecule has 2 atom stereocenters. The molecule has 1 saturated carbocycles. The minimum absolute atomic E-state index is 0.0697. The molecule has 1 N–H and O–H groups in total. The van der Waals surface area contributed by atoms with E-state index in [-0.39, 0.29) is 30.0 Å². The van der Waals surface area contributed by atoms with Gasteiger partial charge in [0.25, 0.3) is 0 Å². The van der Waals surface area contributed by atoms with E-state index in [4.69, 9.17) is 4.74 Å². The summed E-state index contributed by atoms with van der Waals surface area (Å²) >= 11 is 0. The van der Waals surface area contributed by atoms with Crippen LogP contribution in [0.5, 0.6) is 0 Å². The molecule has 1 aromatic rings. The Morgan fingerprint density at radius 2 is 2.08 bits per heavy atom. The van der Waals surface area contributed by atoms with E-state index >= 15 is 0 Å². The molecule has 2 saturated heterocycles. The average Bonchev–Trinajstić information content (AvgIpc) is 3.25. The van der Waals surface area contributed by atoms with Crippen molar-refractivity contribution in [2.75, 3.05) is 19.6 Å². The number of halogens is 1. The monoisotopic (exact) mass is 361 g/mol. The predicted molar refractivity (Wildman–Crippen MR) is 92.8 cm³/mol. The fraction of sp³-hybridized carbons (Fsp3) is 0.579. The third kappa shape index (κ3) is 3.67. The Morgan fingerprint density at radius 3 is 2.85 bits per heavy atom. The van der Waals surface area contributed by atoms with Crippen LogP contribution >= 0.6 is 0 Å². The predicted octanol–water partition coefficient (Wildman–Crippen LogP) is 1.89. The van der Waals surface area contributed by atoms with Crippen molar-refractivity contribution in [3.8, 4) is 0 Å². The van der Waals surface area contributed by atoms with Crippen molar-refractivity contribution in [1.29, 1.82) is 0 Å². The van der Waals surface area contributed by atoms with Gasteiger partial charge in [-0.15, -0.1) is 0 Å². The van der Waals surface area contributed by atoms with Crippen LogP contribution in [0.2, 0.25) is 0 Å². The second-order valence-electron chi connectivity index (χ2n) is 7.35. The van der Waals surface area contributed by atoms with E-state index in [9.17, 15) is 14.0 Å². The van der Waals surface area contributed by atoms with E-state index < -0.39 is 0 Å². The molecular weight excluding hydrogens is 337 g/mol. The number of hydrogen-bond acceptors (Lipinski definition) is 4. The SMILES string of the molecule is O=C(NCC1CN(C2CC2)C(=O)O1)C1CCCN1Cc1ccccc1F. The molecule has 3 fully saturated rings. The Hall–Kier alpha value is -2.15. The Kier molecular flexibility index (Phi) is 4.80. The van der Waals surface area contributed by atoms with Crippen molar-refractivity contribution >= 4 is 12.0 Å². The minimum Gasteiger partial charge on any atom is -0.442 e. The summed E-state index contributed by atoms with van der Waals surface area (Å²) in [5, 5.41) is 2.92. The molecule has 2 amide bonds. The zero-order valence-corrected chi connectivity index (χ0v) is 14.7. The van der Waals surface area contributed by atoms with Crippen LogP contribution < -0.4 is 5.32 Å². The zero-order chi connectivity index (χ0) is 18.1. The maximum absolute atomic E-state index is 13.9. The van der Waals surface area contributed by atoms with Crippen LogP contribution in [0, 0.1) is 5.82 Å². The molecule has 2 aliphatic heterocycles. The molecule has 4 rings (SSSR count). The summed E-state index contributed by atoms with van der Waals surface area (Å²) in [7, 11) is 0. The van der Waals surface area contributed by atoms with Gasteiger partial charge in [-0.05, 0) is 38.3 Å². The third-order valence-corrected chi connectivity index (χ3v) is 5.39. The van der Waals surface area contributed by atoms with E-state index in [0.717, 1.165) is 32.2 Å². The van der Waals surface area contributed by atoms with E-state index in [1.54, 1.807) is 17.0 Å². The normalized spacial score (nSPS) is 26.2. The molecule has 2 unspecified atom stereocenters. The number of nitrogens with zero attached hydrogens (tertiary/aromatic N) is 2. The highest BCUT2D eigenvalue weighted by atomic mass is 19.1. The zero-order valence-electron chi connectivity index (χ0n) is 14.7. The summed E-state index contributed by atoms with van der Waals surface area (Å²) in [6.07, 6.45) is 3.21. The van der Waals surface area contributed by atoms with E-state index in [0.29, 0.717) is 31.2 Å². The number of carbonyl (C=O) groups excluding carboxylic acids is 2. The lowest BCUT2D eigenvalue weighted by Gasteiger charge is -2.24.